The lowest BCUT2D eigenvalue weighted by Crippen LogP contribution is -2.27. The van der Waals surface area contributed by atoms with Crippen LogP contribution in [-0.4, -0.2) is 15.7 Å². The fourth-order valence-corrected chi connectivity index (χ4v) is 2.50. The first kappa shape index (κ1) is 14.7. The van der Waals surface area contributed by atoms with E-state index >= 15 is 0 Å². The van der Waals surface area contributed by atoms with Crippen molar-refractivity contribution in [3.63, 3.8) is 0 Å². The number of aromatic nitrogens is 2. The van der Waals surface area contributed by atoms with Gasteiger partial charge in [-0.25, -0.2) is 4.39 Å². The van der Waals surface area contributed by atoms with Gasteiger partial charge in [-0.2, -0.15) is 5.10 Å². The molecule has 0 fully saturated rings. The van der Waals surface area contributed by atoms with Crippen LogP contribution in [0.3, 0.4) is 0 Å². The van der Waals surface area contributed by atoms with E-state index in [2.05, 4.69) is 26.3 Å². The molecule has 0 spiro atoms. The number of rotatable bonds is 3. The molecule has 0 radical (unpaired) electrons. The van der Waals surface area contributed by atoms with Crippen LogP contribution in [-0.2, 0) is 7.05 Å². The fourth-order valence-electron chi connectivity index (χ4n) is 1.97. The zero-order valence-electron chi connectivity index (χ0n) is 11.4. The molecule has 1 heterocycles. The second kappa shape index (κ2) is 5.75. The quantitative estimate of drug-likeness (QED) is 0.933. The summed E-state index contributed by atoms with van der Waals surface area (Å²) in [5.74, 6) is -0.641. The van der Waals surface area contributed by atoms with Gasteiger partial charge < -0.3 is 5.32 Å². The molecular formula is C14H15BrFN3O. The Balaban J connectivity index is 2.17. The Hall–Kier alpha value is -1.69. The summed E-state index contributed by atoms with van der Waals surface area (Å²) < 4.78 is 15.2. The van der Waals surface area contributed by atoms with E-state index in [1.54, 1.807) is 10.9 Å². The summed E-state index contributed by atoms with van der Waals surface area (Å²) in [4.78, 5) is 12.2. The Morgan fingerprint density at radius 2 is 2.20 bits per heavy atom. The van der Waals surface area contributed by atoms with Crippen LogP contribution in [0.5, 0.6) is 0 Å². The second-order valence-corrected chi connectivity index (χ2v) is 5.48. The van der Waals surface area contributed by atoms with E-state index in [1.807, 2.05) is 20.9 Å². The van der Waals surface area contributed by atoms with Crippen molar-refractivity contribution in [1.82, 2.24) is 15.1 Å². The van der Waals surface area contributed by atoms with Crippen molar-refractivity contribution < 1.29 is 9.18 Å². The molecule has 0 saturated heterocycles. The highest BCUT2D eigenvalue weighted by atomic mass is 79.9. The van der Waals surface area contributed by atoms with Gasteiger partial charge in [0, 0.05) is 22.8 Å². The monoisotopic (exact) mass is 339 g/mol. The lowest BCUT2D eigenvalue weighted by Gasteiger charge is -2.14. The molecule has 1 aromatic heterocycles. The highest BCUT2D eigenvalue weighted by molar-refractivity contribution is 9.10. The topological polar surface area (TPSA) is 46.9 Å². The molecule has 20 heavy (non-hydrogen) atoms. The van der Waals surface area contributed by atoms with Gasteiger partial charge in [-0.1, -0.05) is 0 Å². The minimum absolute atomic E-state index is 0.173. The van der Waals surface area contributed by atoms with Gasteiger partial charge in [0.25, 0.3) is 5.91 Å². The Morgan fingerprint density at radius 1 is 1.50 bits per heavy atom. The molecule has 0 aliphatic carbocycles. The number of aryl methyl sites for hydroxylation is 1. The molecule has 0 aliphatic heterocycles. The summed E-state index contributed by atoms with van der Waals surface area (Å²) in [6.07, 6.45) is 1.74. The summed E-state index contributed by atoms with van der Waals surface area (Å²) in [7, 11) is 1.85. The van der Waals surface area contributed by atoms with Gasteiger partial charge in [-0.15, -0.1) is 0 Å². The van der Waals surface area contributed by atoms with Crippen LogP contribution in [0, 0.1) is 12.7 Å². The molecule has 0 bridgehead atoms. The first-order valence-electron chi connectivity index (χ1n) is 6.14. The van der Waals surface area contributed by atoms with Gasteiger partial charge >= 0.3 is 0 Å². The average molecular weight is 340 g/mol. The summed E-state index contributed by atoms with van der Waals surface area (Å²) in [6, 6.07) is 3.82. The predicted octanol–water partition coefficient (Wildman–Crippen LogP) is 3.12. The van der Waals surface area contributed by atoms with Crippen LogP contribution in [0.4, 0.5) is 4.39 Å². The molecule has 4 nitrogen and oxygen atoms in total. The molecular weight excluding hydrogens is 325 g/mol. The van der Waals surface area contributed by atoms with Crippen LogP contribution < -0.4 is 5.32 Å². The van der Waals surface area contributed by atoms with Crippen molar-refractivity contribution in [2.24, 2.45) is 7.05 Å². The molecule has 0 aliphatic rings. The minimum atomic E-state index is -0.385. The maximum Gasteiger partial charge on any atom is 0.252 e. The molecule has 1 amide bonds. The molecule has 106 valence electrons. The van der Waals surface area contributed by atoms with Crippen LogP contribution in [0.1, 0.15) is 34.6 Å². The molecule has 1 N–H and O–H groups in total. The van der Waals surface area contributed by atoms with E-state index in [-0.39, 0.29) is 17.8 Å². The van der Waals surface area contributed by atoms with Gasteiger partial charge in [-0.05, 0) is 48.0 Å². The highest BCUT2D eigenvalue weighted by Crippen LogP contribution is 2.20. The van der Waals surface area contributed by atoms with Crippen molar-refractivity contribution in [2.45, 2.75) is 19.9 Å². The van der Waals surface area contributed by atoms with Crippen molar-refractivity contribution in [3.05, 3.63) is 51.5 Å². The molecule has 0 saturated carbocycles. The number of hydrogen-bond donors (Lipinski definition) is 1. The standard InChI is InChI=1S/C14H15BrFN3O/c1-8(12-7-17-19(3)9(12)2)18-14(20)11-5-4-10(16)6-13(11)15/h4-8H,1-3H3,(H,18,20). The van der Waals surface area contributed by atoms with E-state index in [0.29, 0.717) is 10.0 Å². The Bertz CT molecular complexity index is 654. The van der Waals surface area contributed by atoms with Crippen LogP contribution in [0.15, 0.2) is 28.9 Å². The number of nitrogens with zero attached hydrogens (tertiary/aromatic N) is 2. The van der Waals surface area contributed by atoms with Gasteiger partial charge in [0.15, 0.2) is 0 Å². The van der Waals surface area contributed by atoms with Gasteiger partial charge in [0.05, 0.1) is 17.8 Å². The van der Waals surface area contributed by atoms with Gasteiger partial charge in [0.1, 0.15) is 5.82 Å². The lowest BCUT2D eigenvalue weighted by atomic mass is 10.1. The van der Waals surface area contributed by atoms with Crippen LogP contribution in [0.25, 0.3) is 0 Å². The maximum absolute atomic E-state index is 13.0. The number of carbonyl (C=O) groups excluding carboxylic acids is 1. The van der Waals surface area contributed by atoms with Crippen molar-refractivity contribution in [2.75, 3.05) is 0 Å². The lowest BCUT2D eigenvalue weighted by molar-refractivity contribution is 0.0939. The van der Waals surface area contributed by atoms with E-state index in [4.69, 9.17) is 0 Å². The predicted molar refractivity (Wildman–Crippen MR) is 77.9 cm³/mol. The van der Waals surface area contributed by atoms with Gasteiger partial charge in [-0.3, -0.25) is 9.48 Å². The molecule has 6 heteroatoms. The van der Waals surface area contributed by atoms with Crippen LogP contribution >= 0.6 is 15.9 Å². The summed E-state index contributed by atoms with van der Waals surface area (Å²) in [5, 5.41) is 7.04. The summed E-state index contributed by atoms with van der Waals surface area (Å²) in [5.41, 5.74) is 2.36. The zero-order chi connectivity index (χ0) is 14.9. The Labute approximate surface area is 125 Å². The van der Waals surface area contributed by atoms with Gasteiger partial charge in [0.2, 0.25) is 0 Å². The summed E-state index contributed by atoms with van der Waals surface area (Å²) >= 11 is 3.20. The third-order valence-corrected chi connectivity index (χ3v) is 3.92. The van der Waals surface area contributed by atoms with Crippen LogP contribution in [0.2, 0.25) is 0 Å². The first-order valence-corrected chi connectivity index (χ1v) is 6.94. The number of carbonyl (C=O) groups is 1. The molecule has 1 unspecified atom stereocenters. The summed E-state index contributed by atoms with van der Waals surface area (Å²) in [6.45, 7) is 3.83. The normalized spacial score (nSPS) is 12.2. The van der Waals surface area contributed by atoms with E-state index < -0.39 is 0 Å². The number of halogens is 2. The van der Waals surface area contributed by atoms with Crippen molar-refractivity contribution in [1.29, 1.82) is 0 Å². The maximum atomic E-state index is 13.0. The Kier molecular flexibility index (Phi) is 4.23. The second-order valence-electron chi connectivity index (χ2n) is 4.63. The molecule has 1 atom stereocenters. The number of benzene rings is 1. The minimum Gasteiger partial charge on any atom is -0.345 e. The average Bonchev–Trinajstić information content (AvgIpc) is 2.69. The molecule has 2 rings (SSSR count). The third-order valence-electron chi connectivity index (χ3n) is 3.26. The number of nitrogens with one attached hydrogen (secondary N) is 1. The highest BCUT2D eigenvalue weighted by Gasteiger charge is 2.17. The first-order chi connectivity index (χ1) is 9.40. The third kappa shape index (κ3) is 2.90. The van der Waals surface area contributed by atoms with E-state index in [0.717, 1.165) is 11.3 Å². The molecule has 1 aromatic carbocycles. The number of amides is 1. The van der Waals surface area contributed by atoms with Crippen molar-refractivity contribution >= 4 is 21.8 Å². The smallest absolute Gasteiger partial charge is 0.252 e. The fraction of sp³-hybridized carbons (Fsp3) is 0.286. The zero-order valence-corrected chi connectivity index (χ0v) is 13.0. The SMILES string of the molecule is Cc1c(C(C)NC(=O)c2ccc(F)cc2Br)cnn1C. The van der Waals surface area contributed by atoms with E-state index in [9.17, 15) is 9.18 Å². The number of hydrogen-bond acceptors (Lipinski definition) is 2. The van der Waals surface area contributed by atoms with E-state index in [1.165, 1.54) is 18.2 Å². The largest absolute Gasteiger partial charge is 0.345 e. The molecule has 2 aromatic rings. The Morgan fingerprint density at radius 3 is 2.75 bits per heavy atom. The van der Waals surface area contributed by atoms with Crippen molar-refractivity contribution in [3.8, 4) is 0 Å².